The van der Waals surface area contributed by atoms with E-state index in [2.05, 4.69) is 9.80 Å². The first-order valence-corrected chi connectivity index (χ1v) is 6.82. The molecule has 0 aliphatic carbocycles. The fourth-order valence-corrected chi connectivity index (χ4v) is 4.32. The Kier molecular flexibility index (Phi) is 2.71. The van der Waals surface area contributed by atoms with Crippen LogP contribution in [0.3, 0.4) is 0 Å². The fraction of sp³-hybridized carbons (Fsp3) is 1.00. The highest BCUT2D eigenvalue weighted by Gasteiger charge is 2.52. The average Bonchev–Trinajstić information content (AvgIpc) is 2.62. The van der Waals surface area contributed by atoms with Crippen molar-refractivity contribution in [3.8, 4) is 0 Å². The first-order chi connectivity index (χ1) is 7.71. The van der Waals surface area contributed by atoms with E-state index < -0.39 is 6.17 Å². The van der Waals surface area contributed by atoms with Crippen LogP contribution in [0.1, 0.15) is 32.6 Å². The van der Waals surface area contributed by atoms with E-state index in [0.717, 1.165) is 12.5 Å². The zero-order valence-corrected chi connectivity index (χ0v) is 10.3. The number of piperidine rings is 3. The Morgan fingerprint density at radius 1 is 1.31 bits per heavy atom. The number of alkyl halides is 1. The third-order valence-electron chi connectivity index (χ3n) is 4.98. The van der Waals surface area contributed by atoms with Gasteiger partial charge in [-0.1, -0.05) is 0 Å². The Hall–Kier alpha value is -0.150. The Labute approximate surface area is 97.8 Å². The average molecular weight is 226 g/mol. The number of halogens is 1. The topological polar surface area (TPSA) is 6.48 Å². The monoisotopic (exact) mass is 226 g/mol. The van der Waals surface area contributed by atoms with Crippen LogP contribution in [0.25, 0.3) is 0 Å². The van der Waals surface area contributed by atoms with Crippen molar-refractivity contribution < 1.29 is 4.39 Å². The van der Waals surface area contributed by atoms with Crippen LogP contribution in [0.2, 0.25) is 0 Å². The third kappa shape index (κ3) is 1.60. The van der Waals surface area contributed by atoms with E-state index in [1.807, 2.05) is 0 Å². The molecule has 1 spiro atoms. The summed E-state index contributed by atoms with van der Waals surface area (Å²) < 4.78 is 13.3. The van der Waals surface area contributed by atoms with Crippen LogP contribution in [0.15, 0.2) is 0 Å². The summed E-state index contributed by atoms with van der Waals surface area (Å²) in [6, 6.07) is 0. The van der Waals surface area contributed by atoms with E-state index in [9.17, 15) is 4.39 Å². The molecule has 3 heteroatoms. The van der Waals surface area contributed by atoms with E-state index >= 15 is 0 Å². The van der Waals surface area contributed by atoms with Crippen molar-refractivity contribution in [2.75, 3.05) is 32.7 Å². The maximum Gasteiger partial charge on any atom is 0.110 e. The summed E-state index contributed by atoms with van der Waals surface area (Å²) >= 11 is 0. The van der Waals surface area contributed by atoms with Gasteiger partial charge in [-0.2, -0.15) is 0 Å². The highest BCUT2D eigenvalue weighted by molar-refractivity contribution is 5.08. The van der Waals surface area contributed by atoms with Gasteiger partial charge in [-0.15, -0.1) is 0 Å². The SMILES string of the molecule is CC(F)CN1CCCC12CN1CCC2CC1. The van der Waals surface area contributed by atoms with Crippen LogP contribution in [0.4, 0.5) is 4.39 Å². The Bertz CT molecular complexity index is 261. The summed E-state index contributed by atoms with van der Waals surface area (Å²) in [7, 11) is 0. The molecule has 2 atom stereocenters. The van der Waals surface area contributed by atoms with Crippen LogP contribution in [-0.2, 0) is 0 Å². The molecular formula is C13H23FN2. The minimum atomic E-state index is -0.676. The van der Waals surface area contributed by atoms with E-state index in [0.29, 0.717) is 12.1 Å². The molecule has 2 unspecified atom stereocenters. The van der Waals surface area contributed by atoms with E-state index in [-0.39, 0.29) is 0 Å². The first-order valence-electron chi connectivity index (χ1n) is 6.82. The molecule has 4 aliphatic heterocycles. The molecule has 4 aliphatic rings. The predicted molar refractivity (Wildman–Crippen MR) is 63.3 cm³/mol. The lowest BCUT2D eigenvalue weighted by Crippen LogP contribution is -2.65. The minimum Gasteiger partial charge on any atom is -0.301 e. The lowest BCUT2D eigenvalue weighted by molar-refractivity contribution is -0.0565. The molecule has 0 aromatic rings. The number of likely N-dealkylation sites (tertiary alicyclic amines) is 1. The predicted octanol–water partition coefficient (Wildman–Crippen LogP) is 1.90. The third-order valence-corrected chi connectivity index (χ3v) is 4.98. The van der Waals surface area contributed by atoms with Gasteiger partial charge >= 0.3 is 0 Å². The van der Waals surface area contributed by atoms with Gasteiger partial charge in [0.25, 0.3) is 0 Å². The molecule has 4 rings (SSSR count). The summed E-state index contributed by atoms with van der Waals surface area (Å²) in [5, 5.41) is 0. The zero-order chi connectivity index (χ0) is 11.2. The van der Waals surface area contributed by atoms with Crippen molar-refractivity contribution in [2.45, 2.75) is 44.3 Å². The number of hydrogen-bond acceptors (Lipinski definition) is 2. The maximum atomic E-state index is 13.3. The van der Waals surface area contributed by atoms with Crippen LogP contribution in [0, 0.1) is 5.92 Å². The van der Waals surface area contributed by atoms with Gasteiger partial charge in [0.1, 0.15) is 6.17 Å². The summed E-state index contributed by atoms with van der Waals surface area (Å²) in [6.45, 7) is 7.26. The van der Waals surface area contributed by atoms with Crippen molar-refractivity contribution in [2.24, 2.45) is 5.92 Å². The summed E-state index contributed by atoms with van der Waals surface area (Å²) in [5.41, 5.74) is 0.358. The number of rotatable bonds is 2. The first kappa shape index (κ1) is 11.0. The number of hydrogen-bond donors (Lipinski definition) is 0. The van der Waals surface area contributed by atoms with Crippen molar-refractivity contribution in [1.29, 1.82) is 0 Å². The molecule has 2 bridgehead atoms. The van der Waals surface area contributed by atoms with Gasteiger partial charge in [0, 0.05) is 18.6 Å². The van der Waals surface area contributed by atoms with Crippen molar-refractivity contribution >= 4 is 0 Å². The highest BCUT2D eigenvalue weighted by atomic mass is 19.1. The number of fused-ring (bicyclic) bond motifs is 2. The van der Waals surface area contributed by atoms with Gasteiger partial charge in [-0.05, 0) is 58.2 Å². The lowest BCUT2D eigenvalue weighted by Gasteiger charge is -2.55. The molecule has 4 saturated heterocycles. The van der Waals surface area contributed by atoms with Gasteiger partial charge < -0.3 is 4.90 Å². The Balaban J connectivity index is 1.80. The second kappa shape index (κ2) is 3.95. The molecule has 0 amide bonds. The van der Waals surface area contributed by atoms with E-state index in [1.165, 1.54) is 45.3 Å². The van der Waals surface area contributed by atoms with Crippen LogP contribution >= 0.6 is 0 Å². The molecule has 0 aromatic carbocycles. The molecule has 2 nitrogen and oxygen atoms in total. The van der Waals surface area contributed by atoms with Gasteiger partial charge in [0.15, 0.2) is 0 Å². The molecule has 0 aromatic heterocycles. The molecule has 16 heavy (non-hydrogen) atoms. The van der Waals surface area contributed by atoms with E-state index in [4.69, 9.17) is 0 Å². The zero-order valence-electron chi connectivity index (χ0n) is 10.3. The lowest BCUT2D eigenvalue weighted by atomic mass is 9.71. The number of nitrogens with zero attached hydrogens (tertiary/aromatic N) is 2. The van der Waals surface area contributed by atoms with Gasteiger partial charge in [-0.25, -0.2) is 4.39 Å². The maximum absolute atomic E-state index is 13.3. The minimum absolute atomic E-state index is 0.358. The van der Waals surface area contributed by atoms with Gasteiger partial charge in [0.2, 0.25) is 0 Å². The van der Waals surface area contributed by atoms with Crippen LogP contribution in [-0.4, -0.2) is 54.2 Å². The van der Waals surface area contributed by atoms with Crippen LogP contribution < -0.4 is 0 Å². The molecule has 4 fully saturated rings. The summed E-state index contributed by atoms with van der Waals surface area (Å²) in [5.74, 6) is 0.846. The molecule has 0 radical (unpaired) electrons. The molecule has 0 N–H and O–H groups in total. The second-order valence-corrected chi connectivity index (χ2v) is 5.98. The molecule has 92 valence electrons. The molecule has 0 saturated carbocycles. The van der Waals surface area contributed by atoms with E-state index in [1.54, 1.807) is 6.92 Å². The largest absolute Gasteiger partial charge is 0.301 e. The Morgan fingerprint density at radius 3 is 2.62 bits per heavy atom. The van der Waals surface area contributed by atoms with Crippen molar-refractivity contribution in [3.63, 3.8) is 0 Å². The normalized spacial score (nSPS) is 45.4. The quantitative estimate of drug-likeness (QED) is 0.709. The fourth-order valence-electron chi connectivity index (χ4n) is 4.32. The van der Waals surface area contributed by atoms with Crippen molar-refractivity contribution in [1.82, 2.24) is 9.80 Å². The smallest absolute Gasteiger partial charge is 0.110 e. The van der Waals surface area contributed by atoms with Crippen molar-refractivity contribution in [3.05, 3.63) is 0 Å². The summed E-state index contributed by atoms with van der Waals surface area (Å²) in [6.07, 6.45) is 4.59. The molecule has 4 heterocycles. The Morgan fingerprint density at radius 2 is 2.06 bits per heavy atom. The van der Waals surface area contributed by atoms with Crippen LogP contribution in [0.5, 0.6) is 0 Å². The van der Waals surface area contributed by atoms with Gasteiger partial charge in [-0.3, -0.25) is 4.90 Å². The standard InChI is InChI=1S/C13H23FN2/c1-11(14)9-16-6-2-5-13(16)10-15-7-3-12(13)4-8-15/h11-12H,2-10H2,1H3. The highest BCUT2D eigenvalue weighted by Crippen LogP contribution is 2.45. The van der Waals surface area contributed by atoms with Gasteiger partial charge in [0.05, 0.1) is 0 Å². The second-order valence-electron chi connectivity index (χ2n) is 5.98. The summed E-state index contributed by atoms with van der Waals surface area (Å²) in [4.78, 5) is 5.08. The molecular weight excluding hydrogens is 203 g/mol.